The lowest BCUT2D eigenvalue weighted by molar-refractivity contribution is 0.269. The van der Waals surface area contributed by atoms with Crippen molar-refractivity contribution < 1.29 is 0 Å². The quantitative estimate of drug-likeness (QED) is 0.699. The standard InChI is InChI=1S/C7H14N6/c1-12-7(8-10-11-12)9-13-5-3-2-4-6-13/h2-6H2,1H3,(H,8,9,11). The molecule has 2 heterocycles. The Morgan fingerprint density at radius 2 is 2.00 bits per heavy atom. The molecule has 0 unspecified atom stereocenters. The minimum atomic E-state index is 0.710. The maximum atomic E-state index is 3.86. The van der Waals surface area contributed by atoms with Crippen LogP contribution in [0.4, 0.5) is 5.95 Å². The average molecular weight is 182 g/mol. The predicted octanol–water partition coefficient (Wildman–Crippen LogP) is 0.0229. The Balaban J connectivity index is 1.93. The van der Waals surface area contributed by atoms with Gasteiger partial charge in [-0.1, -0.05) is 11.5 Å². The number of piperidine rings is 1. The number of rotatable bonds is 2. The number of nitrogens with one attached hydrogen (secondary N) is 1. The van der Waals surface area contributed by atoms with E-state index in [1.54, 1.807) is 4.68 Å². The molecular weight excluding hydrogens is 168 g/mol. The fourth-order valence-corrected chi connectivity index (χ4v) is 1.47. The summed E-state index contributed by atoms with van der Waals surface area (Å²) in [6.07, 6.45) is 3.83. The van der Waals surface area contributed by atoms with E-state index >= 15 is 0 Å². The van der Waals surface area contributed by atoms with Gasteiger partial charge in [0.15, 0.2) is 0 Å². The zero-order chi connectivity index (χ0) is 9.10. The van der Waals surface area contributed by atoms with Crippen molar-refractivity contribution in [3.05, 3.63) is 0 Å². The third-order valence-electron chi connectivity index (χ3n) is 2.23. The summed E-state index contributed by atoms with van der Waals surface area (Å²) in [6.45, 7) is 2.15. The molecule has 0 aliphatic carbocycles. The SMILES string of the molecule is Cn1nnnc1NN1CCCCC1. The topological polar surface area (TPSA) is 58.9 Å². The van der Waals surface area contributed by atoms with Gasteiger partial charge in [0.25, 0.3) is 5.95 Å². The number of nitrogens with zero attached hydrogens (tertiary/aromatic N) is 5. The first-order valence-electron chi connectivity index (χ1n) is 4.60. The lowest BCUT2D eigenvalue weighted by Crippen LogP contribution is -2.35. The second-order valence-electron chi connectivity index (χ2n) is 3.29. The Bertz CT molecular complexity index is 264. The number of anilines is 1. The lowest BCUT2D eigenvalue weighted by Gasteiger charge is -2.26. The van der Waals surface area contributed by atoms with Gasteiger partial charge in [-0.25, -0.2) is 9.69 Å². The zero-order valence-corrected chi connectivity index (χ0v) is 7.77. The number of hydrogen-bond acceptors (Lipinski definition) is 5. The third kappa shape index (κ3) is 1.95. The van der Waals surface area contributed by atoms with Crippen LogP contribution in [0.25, 0.3) is 0 Å². The monoisotopic (exact) mass is 182 g/mol. The highest BCUT2D eigenvalue weighted by Gasteiger charge is 2.11. The van der Waals surface area contributed by atoms with Crippen LogP contribution in [0.5, 0.6) is 0 Å². The minimum absolute atomic E-state index is 0.710. The summed E-state index contributed by atoms with van der Waals surface area (Å²) in [6, 6.07) is 0. The average Bonchev–Trinajstić information content (AvgIpc) is 2.54. The fraction of sp³-hybridized carbons (Fsp3) is 0.857. The van der Waals surface area contributed by atoms with Gasteiger partial charge < -0.3 is 0 Å². The van der Waals surface area contributed by atoms with E-state index in [1.165, 1.54) is 19.3 Å². The molecule has 1 aromatic heterocycles. The molecule has 6 heteroatoms. The van der Waals surface area contributed by atoms with Crippen molar-refractivity contribution in [1.29, 1.82) is 0 Å². The lowest BCUT2D eigenvalue weighted by atomic mass is 10.2. The van der Waals surface area contributed by atoms with E-state index in [1.807, 2.05) is 7.05 Å². The summed E-state index contributed by atoms with van der Waals surface area (Å²) < 4.78 is 1.63. The maximum absolute atomic E-state index is 3.86. The van der Waals surface area contributed by atoms with Crippen LogP contribution < -0.4 is 5.43 Å². The van der Waals surface area contributed by atoms with Crippen LogP contribution in [0, 0.1) is 0 Å². The molecule has 0 saturated carbocycles. The third-order valence-corrected chi connectivity index (χ3v) is 2.23. The van der Waals surface area contributed by atoms with Gasteiger partial charge in [-0.05, 0) is 23.3 Å². The first kappa shape index (κ1) is 8.43. The summed E-state index contributed by atoms with van der Waals surface area (Å²) in [7, 11) is 1.83. The molecule has 6 nitrogen and oxygen atoms in total. The van der Waals surface area contributed by atoms with Crippen LogP contribution in [0.15, 0.2) is 0 Å². The molecule has 2 rings (SSSR count). The molecule has 0 radical (unpaired) electrons. The normalized spacial score (nSPS) is 18.8. The van der Waals surface area contributed by atoms with E-state index in [4.69, 9.17) is 0 Å². The summed E-state index contributed by atoms with van der Waals surface area (Å²) >= 11 is 0. The molecule has 1 saturated heterocycles. The predicted molar refractivity (Wildman–Crippen MR) is 47.8 cm³/mol. The summed E-state index contributed by atoms with van der Waals surface area (Å²) in [5, 5.41) is 13.3. The molecular formula is C7H14N6. The Labute approximate surface area is 76.9 Å². The van der Waals surface area contributed by atoms with Crippen molar-refractivity contribution in [3.8, 4) is 0 Å². The highest BCUT2D eigenvalue weighted by molar-refractivity contribution is 5.18. The molecule has 1 fully saturated rings. The first-order chi connectivity index (χ1) is 6.36. The second-order valence-corrected chi connectivity index (χ2v) is 3.29. The molecule has 0 bridgehead atoms. The van der Waals surface area contributed by atoms with Crippen molar-refractivity contribution in [3.63, 3.8) is 0 Å². The number of hydrogen-bond donors (Lipinski definition) is 1. The minimum Gasteiger partial charge on any atom is -0.286 e. The molecule has 1 aliphatic rings. The highest BCUT2D eigenvalue weighted by atomic mass is 15.6. The maximum Gasteiger partial charge on any atom is 0.257 e. The summed E-state index contributed by atoms with van der Waals surface area (Å²) in [5.41, 5.74) is 3.19. The van der Waals surface area contributed by atoms with Crippen LogP contribution >= 0.6 is 0 Å². The van der Waals surface area contributed by atoms with E-state index in [2.05, 4.69) is 26.0 Å². The van der Waals surface area contributed by atoms with Crippen LogP contribution in [0.2, 0.25) is 0 Å². The van der Waals surface area contributed by atoms with Crippen molar-refractivity contribution in [1.82, 2.24) is 25.2 Å². The van der Waals surface area contributed by atoms with Gasteiger partial charge >= 0.3 is 0 Å². The first-order valence-corrected chi connectivity index (χ1v) is 4.60. The second kappa shape index (κ2) is 3.69. The van der Waals surface area contributed by atoms with E-state index < -0.39 is 0 Å². The molecule has 1 aromatic rings. The van der Waals surface area contributed by atoms with Gasteiger partial charge in [-0.3, -0.25) is 5.43 Å². The van der Waals surface area contributed by atoms with Crippen LogP contribution in [-0.2, 0) is 7.05 Å². The van der Waals surface area contributed by atoms with Gasteiger partial charge in [-0.15, -0.1) is 0 Å². The van der Waals surface area contributed by atoms with E-state index in [9.17, 15) is 0 Å². The number of tetrazole rings is 1. The molecule has 0 spiro atoms. The van der Waals surface area contributed by atoms with Gasteiger partial charge in [0.1, 0.15) is 0 Å². The van der Waals surface area contributed by atoms with Gasteiger partial charge in [0.2, 0.25) is 0 Å². The smallest absolute Gasteiger partial charge is 0.257 e. The molecule has 0 amide bonds. The van der Waals surface area contributed by atoms with Crippen molar-refractivity contribution >= 4 is 5.95 Å². The number of aromatic nitrogens is 4. The van der Waals surface area contributed by atoms with E-state index in [0.29, 0.717) is 5.95 Å². The van der Waals surface area contributed by atoms with Crippen molar-refractivity contribution in [2.75, 3.05) is 18.5 Å². The molecule has 1 N–H and O–H groups in total. The van der Waals surface area contributed by atoms with Crippen molar-refractivity contribution in [2.45, 2.75) is 19.3 Å². The molecule has 13 heavy (non-hydrogen) atoms. The largest absolute Gasteiger partial charge is 0.286 e. The highest BCUT2D eigenvalue weighted by Crippen LogP contribution is 2.09. The Kier molecular flexibility index (Phi) is 2.40. The molecule has 72 valence electrons. The Morgan fingerprint density at radius 3 is 2.62 bits per heavy atom. The van der Waals surface area contributed by atoms with E-state index in [-0.39, 0.29) is 0 Å². The van der Waals surface area contributed by atoms with Gasteiger partial charge in [-0.2, -0.15) is 0 Å². The van der Waals surface area contributed by atoms with Crippen molar-refractivity contribution in [2.24, 2.45) is 7.05 Å². The van der Waals surface area contributed by atoms with Gasteiger partial charge in [0.05, 0.1) is 0 Å². The molecule has 0 aromatic carbocycles. The molecule has 0 atom stereocenters. The van der Waals surface area contributed by atoms with Gasteiger partial charge in [0, 0.05) is 20.1 Å². The summed E-state index contributed by atoms with van der Waals surface area (Å²) in [4.78, 5) is 0. The van der Waals surface area contributed by atoms with Crippen LogP contribution in [0.3, 0.4) is 0 Å². The Hall–Kier alpha value is -1.17. The fourth-order valence-electron chi connectivity index (χ4n) is 1.47. The summed E-state index contributed by atoms with van der Waals surface area (Å²) in [5.74, 6) is 0.710. The Morgan fingerprint density at radius 1 is 1.23 bits per heavy atom. The zero-order valence-electron chi connectivity index (χ0n) is 7.77. The number of aryl methyl sites for hydroxylation is 1. The van der Waals surface area contributed by atoms with E-state index in [0.717, 1.165) is 13.1 Å². The number of hydrazine groups is 1. The molecule has 1 aliphatic heterocycles. The van der Waals surface area contributed by atoms with Crippen LogP contribution in [-0.4, -0.2) is 38.3 Å². The van der Waals surface area contributed by atoms with Crippen LogP contribution in [0.1, 0.15) is 19.3 Å².